The molecule has 1 aliphatic heterocycles. The van der Waals surface area contributed by atoms with Crippen molar-refractivity contribution in [2.75, 3.05) is 6.61 Å². The molecule has 0 spiro atoms. The van der Waals surface area contributed by atoms with E-state index in [0.717, 1.165) is 17.2 Å². The lowest BCUT2D eigenvalue weighted by atomic mass is 9.75. The summed E-state index contributed by atoms with van der Waals surface area (Å²) in [5.41, 5.74) is 1.90. The van der Waals surface area contributed by atoms with Gasteiger partial charge in [0.15, 0.2) is 0 Å². The summed E-state index contributed by atoms with van der Waals surface area (Å²) < 4.78 is 13.5. The number of carbonyl (C=O) groups excluding carboxylic acids is 1. The Morgan fingerprint density at radius 2 is 1.96 bits per heavy atom. The molecule has 1 saturated heterocycles. The molecule has 1 aliphatic rings. The van der Waals surface area contributed by atoms with Crippen LogP contribution < -0.4 is 0 Å². The van der Waals surface area contributed by atoms with Gasteiger partial charge in [-0.2, -0.15) is 5.26 Å². The number of carbonyl (C=O) groups is 1. The van der Waals surface area contributed by atoms with Gasteiger partial charge in [-0.15, -0.1) is 0 Å². The van der Waals surface area contributed by atoms with Crippen LogP contribution >= 0.6 is 0 Å². The quantitative estimate of drug-likeness (QED) is 0.836. The summed E-state index contributed by atoms with van der Waals surface area (Å²) in [6.45, 7) is 3.76. The van der Waals surface area contributed by atoms with Crippen LogP contribution in [0, 0.1) is 34.9 Å². The summed E-state index contributed by atoms with van der Waals surface area (Å²) in [5, 5.41) is 19.5. The van der Waals surface area contributed by atoms with E-state index in [4.69, 9.17) is 0 Å². The number of hydrogen-bond donors (Lipinski definition) is 1. The van der Waals surface area contributed by atoms with Gasteiger partial charge in [0.2, 0.25) is 0 Å². The van der Waals surface area contributed by atoms with Crippen molar-refractivity contribution in [3.63, 3.8) is 0 Å². The number of benzene rings is 2. The van der Waals surface area contributed by atoms with Crippen molar-refractivity contribution in [2.24, 2.45) is 5.92 Å². The van der Waals surface area contributed by atoms with Crippen molar-refractivity contribution in [1.82, 2.24) is 4.90 Å². The van der Waals surface area contributed by atoms with Crippen LogP contribution in [0.4, 0.5) is 4.39 Å². The number of hydrogen-bond acceptors (Lipinski definition) is 3. The Labute approximate surface area is 164 Å². The molecule has 4 nitrogen and oxygen atoms in total. The number of nitrogens with zero attached hydrogens (tertiary/aromatic N) is 2. The molecule has 0 aliphatic carbocycles. The molecule has 0 radical (unpaired) electrons. The number of amides is 1. The highest BCUT2D eigenvalue weighted by Crippen LogP contribution is 2.41. The first-order chi connectivity index (χ1) is 13.5. The van der Waals surface area contributed by atoms with E-state index >= 15 is 0 Å². The standard InChI is InChI=1S/C23H21FN2O2/c1-15(2)6-7-16-8-10-17(11-9-16)22-20(13-25)26(21(22)14-27)23(28)18-4-3-5-19(24)12-18/h3-5,8-12,15,20-22,27H,14H2,1-2H3/t20-,21+,22+/m0/s1. The van der Waals surface area contributed by atoms with Gasteiger partial charge in [0.25, 0.3) is 5.91 Å². The Kier molecular flexibility index (Phi) is 5.78. The van der Waals surface area contributed by atoms with E-state index in [2.05, 4.69) is 17.9 Å². The van der Waals surface area contributed by atoms with Crippen LogP contribution in [0.5, 0.6) is 0 Å². The van der Waals surface area contributed by atoms with Crippen LogP contribution in [-0.2, 0) is 0 Å². The molecule has 0 saturated carbocycles. The number of rotatable bonds is 3. The molecule has 0 aromatic heterocycles. The molecular weight excluding hydrogens is 355 g/mol. The lowest BCUT2D eigenvalue weighted by molar-refractivity contribution is -0.00588. The highest BCUT2D eigenvalue weighted by atomic mass is 19.1. The Hall–Kier alpha value is -3.15. The van der Waals surface area contributed by atoms with Gasteiger partial charge in [-0.05, 0) is 35.9 Å². The summed E-state index contributed by atoms with van der Waals surface area (Å²) in [5.74, 6) is 5.17. The number of likely N-dealkylation sites (tertiary alicyclic amines) is 1. The second-order valence-corrected chi connectivity index (χ2v) is 7.12. The Bertz CT molecular complexity index is 967. The zero-order chi connectivity index (χ0) is 20.3. The predicted octanol–water partition coefficient (Wildman–Crippen LogP) is 3.33. The Morgan fingerprint density at radius 3 is 2.54 bits per heavy atom. The number of nitriles is 1. The predicted molar refractivity (Wildman–Crippen MR) is 104 cm³/mol. The van der Waals surface area contributed by atoms with Gasteiger partial charge in [-0.1, -0.05) is 43.9 Å². The number of aliphatic hydroxyl groups excluding tert-OH is 1. The topological polar surface area (TPSA) is 64.3 Å². The third kappa shape index (κ3) is 3.76. The van der Waals surface area contributed by atoms with Gasteiger partial charge in [-0.25, -0.2) is 4.39 Å². The second-order valence-electron chi connectivity index (χ2n) is 7.12. The largest absolute Gasteiger partial charge is 0.394 e. The minimum absolute atomic E-state index is 0.163. The maximum Gasteiger partial charge on any atom is 0.255 e. The average Bonchev–Trinajstić information content (AvgIpc) is 2.67. The molecule has 142 valence electrons. The van der Waals surface area contributed by atoms with Gasteiger partial charge in [0.05, 0.1) is 18.7 Å². The minimum Gasteiger partial charge on any atom is -0.394 e. The molecule has 0 unspecified atom stereocenters. The molecule has 28 heavy (non-hydrogen) atoms. The summed E-state index contributed by atoms with van der Waals surface area (Å²) in [7, 11) is 0. The smallest absolute Gasteiger partial charge is 0.255 e. The van der Waals surface area contributed by atoms with E-state index in [0.29, 0.717) is 0 Å². The van der Waals surface area contributed by atoms with Crippen LogP contribution in [0.1, 0.15) is 41.3 Å². The molecule has 3 atom stereocenters. The fraction of sp³-hybridized carbons (Fsp3) is 0.304. The fourth-order valence-corrected chi connectivity index (χ4v) is 3.47. The van der Waals surface area contributed by atoms with E-state index in [1.807, 2.05) is 38.1 Å². The summed E-state index contributed by atoms with van der Waals surface area (Å²) in [6, 6.07) is 13.8. The van der Waals surface area contributed by atoms with Crippen molar-refractivity contribution >= 4 is 5.91 Å². The van der Waals surface area contributed by atoms with E-state index in [9.17, 15) is 19.6 Å². The Morgan fingerprint density at radius 1 is 1.25 bits per heavy atom. The highest BCUT2D eigenvalue weighted by Gasteiger charge is 2.51. The molecule has 1 amide bonds. The van der Waals surface area contributed by atoms with Crippen molar-refractivity contribution < 1.29 is 14.3 Å². The number of halogens is 1. The maximum absolute atomic E-state index is 13.5. The van der Waals surface area contributed by atoms with Crippen LogP contribution in [0.25, 0.3) is 0 Å². The molecule has 2 aromatic carbocycles. The normalized spacial score (nSPS) is 20.7. The monoisotopic (exact) mass is 376 g/mol. The van der Waals surface area contributed by atoms with Crippen LogP contribution in [0.3, 0.4) is 0 Å². The SMILES string of the molecule is CC(C)C#Cc1ccc([C@H]2[C@@H](CO)N(C(=O)c3cccc(F)c3)[C@H]2C#N)cc1. The summed E-state index contributed by atoms with van der Waals surface area (Å²) in [4.78, 5) is 14.1. The lowest BCUT2D eigenvalue weighted by Crippen LogP contribution is -2.65. The van der Waals surface area contributed by atoms with Crippen molar-refractivity contribution in [2.45, 2.75) is 31.8 Å². The second kappa shape index (κ2) is 8.25. The van der Waals surface area contributed by atoms with Crippen LogP contribution in [0.2, 0.25) is 0 Å². The molecule has 1 fully saturated rings. The molecule has 1 N–H and O–H groups in total. The van der Waals surface area contributed by atoms with Gasteiger partial charge in [0, 0.05) is 23.0 Å². The van der Waals surface area contributed by atoms with Crippen molar-refractivity contribution in [1.29, 1.82) is 5.26 Å². The molecule has 3 rings (SSSR count). The first-order valence-corrected chi connectivity index (χ1v) is 9.16. The van der Waals surface area contributed by atoms with E-state index in [-0.39, 0.29) is 24.0 Å². The highest BCUT2D eigenvalue weighted by molar-refractivity contribution is 5.95. The molecule has 1 heterocycles. The van der Waals surface area contributed by atoms with Crippen molar-refractivity contribution in [3.8, 4) is 17.9 Å². The zero-order valence-electron chi connectivity index (χ0n) is 15.8. The molecule has 0 bridgehead atoms. The zero-order valence-corrected chi connectivity index (χ0v) is 15.8. The average molecular weight is 376 g/mol. The van der Waals surface area contributed by atoms with Crippen LogP contribution in [-0.4, -0.2) is 34.6 Å². The van der Waals surface area contributed by atoms with Gasteiger partial charge >= 0.3 is 0 Å². The van der Waals surface area contributed by atoms with E-state index in [1.54, 1.807) is 0 Å². The number of aliphatic hydroxyl groups is 1. The molecular formula is C23H21FN2O2. The van der Waals surface area contributed by atoms with Gasteiger partial charge < -0.3 is 10.0 Å². The lowest BCUT2D eigenvalue weighted by Gasteiger charge is -2.51. The fourth-order valence-electron chi connectivity index (χ4n) is 3.47. The first-order valence-electron chi connectivity index (χ1n) is 9.16. The van der Waals surface area contributed by atoms with Crippen molar-refractivity contribution in [3.05, 3.63) is 71.0 Å². The van der Waals surface area contributed by atoms with Gasteiger partial charge in [-0.3, -0.25) is 4.79 Å². The van der Waals surface area contributed by atoms with Crippen LogP contribution in [0.15, 0.2) is 48.5 Å². The molecule has 2 aromatic rings. The summed E-state index contributed by atoms with van der Waals surface area (Å²) in [6.07, 6.45) is 0. The minimum atomic E-state index is -0.722. The van der Waals surface area contributed by atoms with E-state index in [1.165, 1.54) is 23.1 Å². The van der Waals surface area contributed by atoms with Gasteiger partial charge in [0.1, 0.15) is 11.9 Å². The first kappa shape index (κ1) is 19.6. The van der Waals surface area contributed by atoms with E-state index < -0.39 is 23.8 Å². The molecule has 5 heteroatoms. The maximum atomic E-state index is 13.5. The third-order valence-corrected chi connectivity index (χ3v) is 4.84. The summed E-state index contributed by atoms with van der Waals surface area (Å²) >= 11 is 0. The third-order valence-electron chi connectivity index (χ3n) is 4.84. The Balaban J connectivity index is 1.85.